The first-order valence-corrected chi connectivity index (χ1v) is 6.83. The Balaban J connectivity index is 2.77. The Morgan fingerprint density at radius 3 is 2.58 bits per heavy atom. The highest BCUT2D eigenvalue weighted by Crippen LogP contribution is 2.29. The van der Waals surface area contributed by atoms with E-state index in [2.05, 4.69) is 0 Å². The second kappa shape index (κ2) is 6.18. The summed E-state index contributed by atoms with van der Waals surface area (Å²) in [6, 6.07) is 4.57. The first-order chi connectivity index (χ1) is 8.70. The fourth-order valence-corrected chi connectivity index (χ4v) is 2.60. The van der Waals surface area contributed by atoms with Crippen LogP contribution in [0.2, 0.25) is 0 Å². The molecule has 3 nitrogen and oxygen atoms in total. The van der Waals surface area contributed by atoms with E-state index in [1.165, 1.54) is 19.1 Å². The number of carboxylic acids is 1. The Morgan fingerprint density at radius 1 is 1.42 bits per heavy atom. The maximum atomic E-state index is 12.5. The first-order valence-electron chi connectivity index (χ1n) is 5.45. The lowest BCUT2D eigenvalue weighted by atomic mass is 10.1. The van der Waals surface area contributed by atoms with Crippen LogP contribution in [0.5, 0.6) is 0 Å². The number of alkyl halides is 3. The summed E-state index contributed by atoms with van der Waals surface area (Å²) in [7, 11) is -1.52. The minimum absolute atomic E-state index is 0.0850. The van der Waals surface area contributed by atoms with Crippen LogP contribution in [0, 0.1) is 0 Å². The van der Waals surface area contributed by atoms with Gasteiger partial charge in [0.15, 0.2) is 0 Å². The van der Waals surface area contributed by atoms with Gasteiger partial charge in [-0.3, -0.25) is 9.00 Å². The van der Waals surface area contributed by atoms with Gasteiger partial charge < -0.3 is 5.11 Å². The monoisotopic (exact) mass is 294 g/mol. The molecule has 0 bridgehead atoms. The van der Waals surface area contributed by atoms with Crippen molar-refractivity contribution < 1.29 is 27.3 Å². The third-order valence-electron chi connectivity index (χ3n) is 2.47. The Hall–Kier alpha value is -1.37. The van der Waals surface area contributed by atoms with Crippen LogP contribution in [0.3, 0.4) is 0 Å². The number of hydrogen-bond donors (Lipinski definition) is 1. The van der Waals surface area contributed by atoms with E-state index in [9.17, 15) is 22.2 Å². The standard InChI is InChI=1S/C12H13F3O3S/c1-8(5-11(16)17)19(18)7-9-3-2-4-10(6-9)12(13,14)15/h2-4,6,8H,5,7H2,1H3,(H,16,17). The smallest absolute Gasteiger partial charge is 0.416 e. The number of carboxylic acid groups (broad SMARTS) is 1. The topological polar surface area (TPSA) is 54.4 Å². The summed E-state index contributed by atoms with van der Waals surface area (Å²) < 4.78 is 49.2. The van der Waals surface area contributed by atoms with E-state index in [1.807, 2.05) is 0 Å². The molecule has 0 fully saturated rings. The van der Waals surface area contributed by atoms with Gasteiger partial charge in [0.2, 0.25) is 0 Å². The lowest BCUT2D eigenvalue weighted by Gasteiger charge is -2.11. The summed E-state index contributed by atoms with van der Waals surface area (Å²) in [5.41, 5.74) is -0.515. The maximum Gasteiger partial charge on any atom is 0.416 e. The molecule has 1 aromatic carbocycles. The Kier molecular flexibility index (Phi) is 5.11. The molecule has 0 saturated heterocycles. The van der Waals surface area contributed by atoms with Crippen LogP contribution < -0.4 is 0 Å². The molecular formula is C12H13F3O3S. The van der Waals surface area contributed by atoms with Crippen LogP contribution in [0.4, 0.5) is 13.2 Å². The van der Waals surface area contributed by atoms with Gasteiger partial charge in [-0.2, -0.15) is 13.2 Å². The third kappa shape index (κ3) is 5.02. The van der Waals surface area contributed by atoms with Crippen molar-refractivity contribution in [1.82, 2.24) is 0 Å². The Morgan fingerprint density at radius 2 is 2.05 bits per heavy atom. The molecule has 0 heterocycles. The van der Waals surface area contributed by atoms with Crippen molar-refractivity contribution >= 4 is 16.8 Å². The van der Waals surface area contributed by atoms with Gasteiger partial charge in [-0.25, -0.2) is 0 Å². The predicted octanol–water partition coefficient (Wildman–Crippen LogP) is 2.82. The molecule has 0 amide bonds. The van der Waals surface area contributed by atoms with E-state index in [-0.39, 0.29) is 17.7 Å². The molecule has 0 radical (unpaired) electrons. The molecule has 106 valence electrons. The van der Waals surface area contributed by atoms with Crippen LogP contribution in [0.15, 0.2) is 24.3 Å². The predicted molar refractivity (Wildman–Crippen MR) is 65.0 cm³/mol. The number of benzene rings is 1. The molecule has 19 heavy (non-hydrogen) atoms. The van der Waals surface area contributed by atoms with Gasteiger partial charge in [0.1, 0.15) is 0 Å². The van der Waals surface area contributed by atoms with Crippen molar-refractivity contribution in [3.05, 3.63) is 35.4 Å². The molecule has 1 N–H and O–H groups in total. The van der Waals surface area contributed by atoms with E-state index in [0.29, 0.717) is 0 Å². The highest BCUT2D eigenvalue weighted by molar-refractivity contribution is 7.84. The number of hydrogen-bond acceptors (Lipinski definition) is 2. The second-order valence-electron chi connectivity index (χ2n) is 4.13. The van der Waals surface area contributed by atoms with Crippen molar-refractivity contribution in [2.75, 3.05) is 0 Å². The normalized spacial score (nSPS) is 14.9. The van der Waals surface area contributed by atoms with E-state index in [1.54, 1.807) is 0 Å². The first kappa shape index (κ1) is 15.7. The molecule has 1 aromatic rings. The van der Waals surface area contributed by atoms with Gasteiger partial charge in [-0.15, -0.1) is 0 Å². The lowest BCUT2D eigenvalue weighted by Crippen LogP contribution is -2.17. The minimum Gasteiger partial charge on any atom is -0.481 e. The van der Waals surface area contributed by atoms with Crippen molar-refractivity contribution in [1.29, 1.82) is 0 Å². The lowest BCUT2D eigenvalue weighted by molar-refractivity contribution is -0.138. The summed E-state index contributed by atoms with van der Waals surface area (Å²) in [6.45, 7) is 1.50. The fourth-order valence-electron chi connectivity index (χ4n) is 1.48. The fraction of sp³-hybridized carbons (Fsp3) is 0.417. The van der Waals surface area contributed by atoms with Gasteiger partial charge >= 0.3 is 12.1 Å². The molecule has 2 atom stereocenters. The molecule has 1 rings (SSSR count). The maximum absolute atomic E-state index is 12.5. The van der Waals surface area contributed by atoms with Crippen LogP contribution >= 0.6 is 0 Å². The molecule has 0 aliphatic heterocycles. The largest absolute Gasteiger partial charge is 0.481 e. The van der Waals surface area contributed by atoms with E-state index in [0.717, 1.165) is 12.1 Å². The second-order valence-corrected chi connectivity index (χ2v) is 5.99. The Bertz CT molecular complexity index is 485. The van der Waals surface area contributed by atoms with Crippen molar-refractivity contribution in [3.8, 4) is 0 Å². The van der Waals surface area contributed by atoms with Crippen LogP contribution in [-0.2, 0) is 27.5 Å². The molecule has 0 saturated carbocycles. The van der Waals surface area contributed by atoms with Crippen molar-refractivity contribution in [2.45, 2.75) is 30.5 Å². The number of aliphatic carboxylic acids is 1. The van der Waals surface area contributed by atoms with Crippen LogP contribution in [-0.4, -0.2) is 20.5 Å². The van der Waals surface area contributed by atoms with Gasteiger partial charge in [-0.05, 0) is 11.6 Å². The third-order valence-corrected chi connectivity index (χ3v) is 4.16. The zero-order valence-corrected chi connectivity index (χ0v) is 10.9. The van der Waals surface area contributed by atoms with Gasteiger partial charge in [0.25, 0.3) is 0 Å². The highest BCUT2D eigenvalue weighted by atomic mass is 32.2. The summed E-state index contributed by atoms with van der Waals surface area (Å²) in [5.74, 6) is -1.16. The van der Waals surface area contributed by atoms with Gasteiger partial charge in [-0.1, -0.05) is 25.1 Å². The van der Waals surface area contributed by atoms with E-state index < -0.39 is 33.8 Å². The summed E-state index contributed by atoms with van der Waals surface area (Å²) in [6.07, 6.45) is -4.71. The van der Waals surface area contributed by atoms with Crippen molar-refractivity contribution in [3.63, 3.8) is 0 Å². The zero-order chi connectivity index (χ0) is 14.6. The number of halogens is 3. The van der Waals surface area contributed by atoms with Crippen LogP contribution in [0.1, 0.15) is 24.5 Å². The molecule has 7 heteroatoms. The summed E-state index contributed by atoms with van der Waals surface area (Å²) in [5, 5.41) is 7.96. The number of rotatable bonds is 5. The minimum atomic E-state index is -4.44. The van der Waals surface area contributed by atoms with Gasteiger partial charge in [0, 0.05) is 21.8 Å². The van der Waals surface area contributed by atoms with E-state index in [4.69, 9.17) is 5.11 Å². The molecule has 0 aromatic heterocycles. The molecule has 2 unspecified atom stereocenters. The Labute approximate surface area is 110 Å². The highest BCUT2D eigenvalue weighted by Gasteiger charge is 2.30. The quantitative estimate of drug-likeness (QED) is 0.908. The average molecular weight is 294 g/mol. The molecule has 0 spiro atoms. The summed E-state index contributed by atoms with van der Waals surface area (Å²) >= 11 is 0. The molecule has 0 aliphatic rings. The molecule has 0 aliphatic carbocycles. The number of carbonyl (C=O) groups is 1. The van der Waals surface area contributed by atoms with Gasteiger partial charge in [0.05, 0.1) is 12.0 Å². The summed E-state index contributed by atoms with van der Waals surface area (Å²) in [4.78, 5) is 10.5. The van der Waals surface area contributed by atoms with E-state index >= 15 is 0 Å². The SMILES string of the molecule is CC(CC(=O)O)S(=O)Cc1cccc(C(F)(F)F)c1. The van der Waals surface area contributed by atoms with Crippen LogP contribution in [0.25, 0.3) is 0 Å². The molecular weight excluding hydrogens is 281 g/mol. The van der Waals surface area contributed by atoms with Crippen molar-refractivity contribution in [2.24, 2.45) is 0 Å². The zero-order valence-electron chi connectivity index (χ0n) is 10.1. The average Bonchev–Trinajstić information content (AvgIpc) is 2.27.